The molecule has 0 spiro atoms. The number of hydrogen-bond acceptors (Lipinski definition) is 1. The Balaban J connectivity index is 3.56. The van der Waals surface area contributed by atoms with Gasteiger partial charge in [0.25, 0.3) is 0 Å². The van der Waals surface area contributed by atoms with E-state index in [1.54, 1.807) is 0 Å². The summed E-state index contributed by atoms with van der Waals surface area (Å²) in [6, 6.07) is -0.00685. The second-order valence-corrected chi connectivity index (χ2v) is 2.25. The van der Waals surface area contributed by atoms with E-state index in [9.17, 15) is 4.79 Å². The first-order chi connectivity index (χ1) is 5.72. The normalized spacial score (nSPS) is 15.3. The number of unbranched alkanes of at least 4 members (excludes halogenated alkanes) is 3. The van der Waals surface area contributed by atoms with Crippen molar-refractivity contribution in [2.75, 3.05) is 0 Å². The van der Waals surface area contributed by atoms with Crippen LogP contribution in [-0.4, -0.2) is 6.29 Å². The van der Waals surface area contributed by atoms with Crippen molar-refractivity contribution in [3.8, 4) is 0 Å². The second-order valence-electron chi connectivity index (χ2n) is 2.25. The summed E-state index contributed by atoms with van der Waals surface area (Å²) in [5, 5.41) is 0. The highest BCUT2D eigenvalue weighted by atomic mass is 16.1. The zero-order valence-electron chi connectivity index (χ0n) is 8.52. The Morgan fingerprint density at radius 3 is 2.80 bits per heavy atom. The average molecular weight is 142 g/mol. The number of carbonyl (C=O) groups is 1. The molecular weight excluding hydrogens is 124 g/mol. The second kappa shape index (κ2) is 8.41. The van der Waals surface area contributed by atoms with Gasteiger partial charge in [0.05, 0.1) is 2.74 Å². The molecule has 0 aliphatic rings. The van der Waals surface area contributed by atoms with Gasteiger partial charge in [0.15, 0.2) is 0 Å². The largest absolute Gasteiger partial charge is 0.299 e. The highest BCUT2D eigenvalue weighted by Crippen LogP contribution is 2.02. The predicted octanol–water partition coefficient (Wildman–Crippen LogP) is 2.71. The topological polar surface area (TPSA) is 17.1 Å². The van der Waals surface area contributed by atoms with E-state index in [2.05, 4.69) is 6.92 Å². The quantitative estimate of drug-likeness (QED) is 0.316. The van der Waals surface area contributed by atoms with Crippen LogP contribution in [0.15, 0.2) is 12.1 Å². The van der Waals surface area contributed by atoms with Crippen LogP contribution in [-0.2, 0) is 4.79 Å². The summed E-state index contributed by atoms with van der Waals surface area (Å²) in [5.41, 5.74) is 0. The smallest absolute Gasteiger partial charge is 0.142 e. The van der Waals surface area contributed by atoms with E-state index in [1.807, 2.05) is 0 Å². The van der Waals surface area contributed by atoms with Crippen molar-refractivity contribution >= 4 is 6.29 Å². The fourth-order valence-electron chi connectivity index (χ4n) is 0.754. The Morgan fingerprint density at radius 2 is 2.20 bits per heavy atom. The molecular formula is C9H16O. The molecule has 0 aromatic rings. The zero-order chi connectivity index (χ0) is 9.40. The summed E-state index contributed by atoms with van der Waals surface area (Å²) in [4.78, 5) is 10.1. The fraction of sp³-hybridized carbons (Fsp3) is 0.667. The Hall–Kier alpha value is -0.590. The van der Waals surface area contributed by atoms with Crippen molar-refractivity contribution < 1.29 is 7.54 Å². The van der Waals surface area contributed by atoms with Crippen molar-refractivity contribution in [1.82, 2.24) is 0 Å². The summed E-state index contributed by atoms with van der Waals surface area (Å²) in [7, 11) is 0. The minimum absolute atomic E-state index is 0.168. The standard InChI is InChI=1S/C9H16O/c1-2-3-4-5-6-7-8-9-10/h7-9H,2-6H2,1H3/b8-7+/i7D,8D. The molecule has 0 aromatic heterocycles. The highest BCUT2D eigenvalue weighted by molar-refractivity contribution is 5.64. The van der Waals surface area contributed by atoms with Gasteiger partial charge in [0.2, 0.25) is 0 Å². The van der Waals surface area contributed by atoms with E-state index in [0.717, 1.165) is 12.8 Å². The van der Waals surface area contributed by atoms with Crippen LogP contribution >= 0.6 is 0 Å². The van der Waals surface area contributed by atoms with Crippen LogP contribution in [0.5, 0.6) is 0 Å². The number of allylic oxidation sites excluding steroid dienone is 2. The van der Waals surface area contributed by atoms with Crippen molar-refractivity contribution in [3.63, 3.8) is 0 Å². The van der Waals surface area contributed by atoms with Gasteiger partial charge in [-0.3, -0.25) is 4.79 Å². The van der Waals surface area contributed by atoms with Crippen LogP contribution in [0.25, 0.3) is 0 Å². The van der Waals surface area contributed by atoms with Crippen molar-refractivity contribution in [2.45, 2.75) is 39.0 Å². The third kappa shape index (κ3) is 7.41. The van der Waals surface area contributed by atoms with E-state index in [4.69, 9.17) is 2.74 Å². The van der Waals surface area contributed by atoms with E-state index >= 15 is 0 Å². The number of hydrogen-bond donors (Lipinski definition) is 0. The molecule has 0 aliphatic heterocycles. The molecule has 0 saturated carbocycles. The molecule has 0 heterocycles. The molecule has 10 heavy (non-hydrogen) atoms. The molecule has 0 bridgehead atoms. The molecule has 0 aliphatic carbocycles. The van der Waals surface area contributed by atoms with Crippen molar-refractivity contribution in [2.24, 2.45) is 0 Å². The summed E-state index contributed by atoms with van der Waals surface area (Å²) in [6.45, 7) is 2.12. The molecule has 0 rings (SSSR count). The molecule has 0 atom stereocenters. The van der Waals surface area contributed by atoms with Gasteiger partial charge in [-0.2, -0.15) is 0 Å². The molecule has 0 saturated heterocycles. The molecule has 58 valence electrons. The molecule has 0 fully saturated rings. The van der Waals surface area contributed by atoms with E-state index in [-0.39, 0.29) is 12.1 Å². The summed E-state index contributed by atoms with van der Waals surface area (Å²) in [6.07, 6.45) is 5.34. The van der Waals surface area contributed by atoms with Crippen LogP contribution in [0.1, 0.15) is 41.8 Å². The van der Waals surface area contributed by atoms with Gasteiger partial charge >= 0.3 is 0 Å². The summed E-state index contributed by atoms with van der Waals surface area (Å²) < 4.78 is 14.3. The van der Waals surface area contributed by atoms with Crippen LogP contribution in [0.4, 0.5) is 0 Å². The lowest BCUT2D eigenvalue weighted by atomic mass is 10.1. The summed E-state index contributed by atoms with van der Waals surface area (Å²) >= 11 is 0. The first kappa shape index (κ1) is 6.14. The lowest BCUT2D eigenvalue weighted by molar-refractivity contribution is -0.104. The van der Waals surface area contributed by atoms with E-state index in [1.165, 1.54) is 12.8 Å². The molecule has 1 nitrogen and oxygen atoms in total. The van der Waals surface area contributed by atoms with Gasteiger partial charge in [-0.15, -0.1) is 0 Å². The number of carbonyl (C=O) groups excluding carboxylic acids is 1. The molecule has 0 aromatic carbocycles. The third-order valence-electron chi connectivity index (χ3n) is 1.32. The van der Waals surface area contributed by atoms with Gasteiger partial charge in [-0.25, -0.2) is 0 Å². The number of rotatable bonds is 6. The monoisotopic (exact) mass is 142 g/mol. The Labute approximate surface area is 65.9 Å². The maximum atomic E-state index is 10.1. The minimum Gasteiger partial charge on any atom is -0.299 e. The van der Waals surface area contributed by atoms with Crippen LogP contribution in [0, 0.1) is 0 Å². The Morgan fingerprint density at radius 1 is 1.40 bits per heavy atom. The average Bonchev–Trinajstić information content (AvgIpc) is 2.10. The minimum atomic E-state index is -0.175. The van der Waals surface area contributed by atoms with Crippen LogP contribution < -0.4 is 0 Å². The molecule has 1 heteroatoms. The first-order valence-corrected chi connectivity index (χ1v) is 3.84. The van der Waals surface area contributed by atoms with Gasteiger partial charge < -0.3 is 0 Å². The van der Waals surface area contributed by atoms with Gasteiger partial charge in [-0.05, 0) is 18.9 Å². The Bertz CT molecular complexity index is 164. The van der Waals surface area contributed by atoms with Crippen LogP contribution in [0.3, 0.4) is 0 Å². The van der Waals surface area contributed by atoms with Gasteiger partial charge in [0.1, 0.15) is 6.29 Å². The fourth-order valence-corrected chi connectivity index (χ4v) is 0.754. The van der Waals surface area contributed by atoms with Crippen molar-refractivity contribution in [1.29, 1.82) is 0 Å². The summed E-state index contributed by atoms with van der Waals surface area (Å²) in [5.74, 6) is 0. The lowest BCUT2D eigenvalue weighted by Crippen LogP contribution is -1.73. The molecule has 0 N–H and O–H groups in total. The molecule has 0 amide bonds. The maximum absolute atomic E-state index is 10.1. The van der Waals surface area contributed by atoms with E-state index < -0.39 is 0 Å². The number of aldehydes is 1. The third-order valence-corrected chi connectivity index (χ3v) is 1.32. The van der Waals surface area contributed by atoms with E-state index in [0.29, 0.717) is 12.7 Å². The van der Waals surface area contributed by atoms with Crippen LogP contribution in [0.2, 0.25) is 0 Å². The predicted molar refractivity (Wildman–Crippen MR) is 44.0 cm³/mol. The van der Waals surface area contributed by atoms with Gasteiger partial charge in [0, 0.05) is 0 Å². The molecule has 0 radical (unpaired) electrons. The van der Waals surface area contributed by atoms with Crippen molar-refractivity contribution in [3.05, 3.63) is 12.1 Å². The Kier molecular flexibility index (Phi) is 5.17. The first-order valence-electron chi connectivity index (χ1n) is 4.84. The molecule has 0 unspecified atom stereocenters. The maximum Gasteiger partial charge on any atom is 0.142 e. The SMILES string of the molecule is [2H]/C(C=O)=C(/[2H])CCCCCC. The highest BCUT2D eigenvalue weighted by Gasteiger charge is 1.82. The van der Waals surface area contributed by atoms with Gasteiger partial charge in [-0.1, -0.05) is 32.2 Å². The zero-order valence-corrected chi connectivity index (χ0v) is 6.52. The lowest BCUT2D eigenvalue weighted by Gasteiger charge is -1.92.